The molecule has 0 spiro atoms. The predicted molar refractivity (Wildman–Crippen MR) is 55.7 cm³/mol. The molecule has 1 aliphatic rings. The second kappa shape index (κ2) is 6.37. The summed E-state index contributed by atoms with van der Waals surface area (Å²) in [6, 6.07) is 0. The molecule has 1 fully saturated rings. The Bertz CT molecular complexity index is 166. The number of quaternary nitrogens is 1. The molecule has 0 aromatic rings. The molecule has 0 aromatic heterocycles. The van der Waals surface area contributed by atoms with Crippen molar-refractivity contribution in [1.82, 2.24) is 10.2 Å². The maximum atomic E-state index is 9.03. The Balaban J connectivity index is 2.53. The van der Waals surface area contributed by atoms with Crippen molar-refractivity contribution >= 4 is 0 Å². The van der Waals surface area contributed by atoms with Crippen molar-refractivity contribution in [2.45, 2.75) is 0 Å². The lowest BCUT2D eigenvalue weighted by Crippen LogP contribution is -2.66. The van der Waals surface area contributed by atoms with Crippen LogP contribution in [-0.2, 0) is 0 Å². The van der Waals surface area contributed by atoms with E-state index in [-0.39, 0.29) is 19.8 Å². The number of β-amino-alcohol motifs (C(OH)–C–C–N with tert-alkyl or cyclic N) is 1. The van der Waals surface area contributed by atoms with Gasteiger partial charge in [-0.1, -0.05) is 0 Å². The Hall–Kier alpha value is -0.240. The van der Waals surface area contributed by atoms with Crippen LogP contribution < -0.4 is 5.32 Å². The number of aliphatic hydroxyl groups is 3. The number of rotatable bonds is 6. The third-order valence-electron chi connectivity index (χ3n) is 2.85. The number of aliphatic hydroxyl groups excluding tert-OH is 3. The first-order valence-electron chi connectivity index (χ1n) is 5.37. The molecule has 0 unspecified atom stereocenters. The molecule has 1 saturated heterocycles. The summed E-state index contributed by atoms with van der Waals surface area (Å²) in [5.74, 6) is 0. The maximum absolute atomic E-state index is 9.03. The van der Waals surface area contributed by atoms with Gasteiger partial charge in [-0.2, -0.15) is 0 Å². The summed E-state index contributed by atoms with van der Waals surface area (Å²) < 4.78 is 0.646. The highest BCUT2D eigenvalue weighted by molar-refractivity contribution is 4.57. The van der Waals surface area contributed by atoms with Gasteiger partial charge in [-0.05, 0) is 0 Å². The van der Waals surface area contributed by atoms with Gasteiger partial charge in [-0.25, -0.2) is 4.90 Å². The molecule has 0 bridgehead atoms. The van der Waals surface area contributed by atoms with Crippen LogP contribution >= 0.6 is 0 Å². The molecule has 1 heterocycles. The van der Waals surface area contributed by atoms with Gasteiger partial charge in [0.15, 0.2) is 0 Å². The van der Waals surface area contributed by atoms with Gasteiger partial charge in [0.25, 0.3) is 0 Å². The first kappa shape index (κ1) is 12.8. The minimum Gasteiger partial charge on any atom is -0.395 e. The van der Waals surface area contributed by atoms with Crippen molar-refractivity contribution in [2.75, 3.05) is 59.5 Å². The fraction of sp³-hybridized carbons (Fsp3) is 1.00. The highest BCUT2D eigenvalue weighted by Gasteiger charge is 2.32. The molecule has 0 radical (unpaired) electrons. The Morgan fingerprint density at radius 1 is 1.07 bits per heavy atom. The quantitative estimate of drug-likeness (QED) is 0.374. The van der Waals surface area contributed by atoms with E-state index in [1.807, 2.05) is 0 Å². The van der Waals surface area contributed by atoms with Crippen LogP contribution in [0.2, 0.25) is 0 Å². The predicted octanol–water partition coefficient (Wildman–Crippen LogP) is -2.44. The van der Waals surface area contributed by atoms with Crippen molar-refractivity contribution < 1.29 is 19.8 Å². The molecule has 0 amide bonds. The van der Waals surface area contributed by atoms with E-state index >= 15 is 0 Å². The second-order valence-corrected chi connectivity index (χ2v) is 4.06. The third kappa shape index (κ3) is 3.67. The summed E-state index contributed by atoms with van der Waals surface area (Å²) in [5, 5.41) is 30.2. The summed E-state index contributed by atoms with van der Waals surface area (Å²) in [6.07, 6.45) is 0. The van der Waals surface area contributed by atoms with Gasteiger partial charge in [0.05, 0.1) is 26.5 Å². The fourth-order valence-electron chi connectivity index (χ4n) is 2.10. The Labute approximate surface area is 90.3 Å². The monoisotopic (exact) mass is 220 g/mol. The lowest BCUT2D eigenvalue weighted by Gasteiger charge is -2.45. The van der Waals surface area contributed by atoms with E-state index in [4.69, 9.17) is 15.3 Å². The van der Waals surface area contributed by atoms with Gasteiger partial charge in [-0.3, -0.25) is 9.80 Å². The SMILES string of the molecule is OCCN1CNC[N+](CCO)(CCO)C1. The molecule has 90 valence electrons. The Kier molecular flexibility index (Phi) is 5.44. The van der Waals surface area contributed by atoms with E-state index in [2.05, 4.69) is 10.2 Å². The van der Waals surface area contributed by atoms with Gasteiger partial charge in [0, 0.05) is 6.54 Å². The van der Waals surface area contributed by atoms with Crippen molar-refractivity contribution in [3.63, 3.8) is 0 Å². The highest BCUT2D eigenvalue weighted by Crippen LogP contribution is 2.10. The molecular weight excluding hydrogens is 198 g/mol. The molecule has 0 atom stereocenters. The minimum absolute atomic E-state index is 0.120. The van der Waals surface area contributed by atoms with Gasteiger partial charge in [0.1, 0.15) is 26.4 Å². The smallest absolute Gasteiger partial charge is 0.137 e. The molecule has 1 rings (SSSR count). The van der Waals surface area contributed by atoms with E-state index in [1.54, 1.807) is 0 Å². The average Bonchev–Trinajstić information content (AvgIpc) is 2.19. The second-order valence-electron chi connectivity index (χ2n) is 4.06. The van der Waals surface area contributed by atoms with E-state index < -0.39 is 0 Å². The van der Waals surface area contributed by atoms with Gasteiger partial charge in [0.2, 0.25) is 0 Å². The molecular formula is C9H22N3O3+. The first-order chi connectivity index (χ1) is 7.26. The van der Waals surface area contributed by atoms with E-state index in [1.165, 1.54) is 0 Å². The molecule has 6 nitrogen and oxygen atoms in total. The van der Waals surface area contributed by atoms with E-state index in [9.17, 15) is 0 Å². The summed E-state index contributed by atoms with van der Waals surface area (Å²) in [7, 11) is 0. The molecule has 4 N–H and O–H groups in total. The fourth-order valence-corrected chi connectivity index (χ4v) is 2.10. The molecule has 0 aliphatic carbocycles. The lowest BCUT2D eigenvalue weighted by molar-refractivity contribution is -0.946. The van der Waals surface area contributed by atoms with Crippen molar-refractivity contribution in [2.24, 2.45) is 0 Å². The number of hydrogen-bond donors (Lipinski definition) is 4. The first-order valence-corrected chi connectivity index (χ1v) is 5.37. The summed E-state index contributed by atoms with van der Waals surface area (Å²) in [5.41, 5.74) is 0. The summed E-state index contributed by atoms with van der Waals surface area (Å²) >= 11 is 0. The molecule has 6 heteroatoms. The molecule has 1 aliphatic heterocycles. The van der Waals surface area contributed by atoms with Crippen molar-refractivity contribution in [3.05, 3.63) is 0 Å². The van der Waals surface area contributed by atoms with Crippen LogP contribution in [0, 0.1) is 0 Å². The summed E-state index contributed by atoms with van der Waals surface area (Å²) in [6.45, 7) is 4.58. The van der Waals surface area contributed by atoms with Crippen LogP contribution in [0.25, 0.3) is 0 Å². The zero-order valence-electron chi connectivity index (χ0n) is 9.10. The highest BCUT2D eigenvalue weighted by atomic mass is 16.3. The number of nitrogens with zero attached hydrogens (tertiary/aromatic N) is 2. The summed E-state index contributed by atoms with van der Waals surface area (Å²) in [4.78, 5) is 2.09. The Morgan fingerprint density at radius 2 is 1.73 bits per heavy atom. The van der Waals surface area contributed by atoms with Crippen LogP contribution in [0.1, 0.15) is 0 Å². The van der Waals surface area contributed by atoms with Crippen molar-refractivity contribution in [3.8, 4) is 0 Å². The minimum atomic E-state index is 0.120. The molecule has 15 heavy (non-hydrogen) atoms. The lowest BCUT2D eigenvalue weighted by atomic mass is 10.3. The van der Waals surface area contributed by atoms with Gasteiger partial charge >= 0.3 is 0 Å². The zero-order chi connectivity index (χ0) is 11.1. The molecule has 0 aromatic carbocycles. The zero-order valence-corrected chi connectivity index (χ0v) is 9.10. The standard InChI is InChI=1S/C9H22N3O3/c13-4-1-11-7-10-8-12(9-11,2-5-14)3-6-15/h10,13-15H,1-9H2/q+1. The average molecular weight is 220 g/mol. The number of hydrogen-bond acceptors (Lipinski definition) is 5. The van der Waals surface area contributed by atoms with Crippen molar-refractivity contribution in [1.29, 1.82) is 0 Å². The van der Waals surface area contributed by atoms with Crippen LogP contribution in [0.3, 0.4) is 0 Å². The maximum Gasteiger partial charge on any atom is 0.137 e. The largest absolute Gasteiger partial charge is 0.395 e. The van der Waals surface area contributed by atoms with Crippen LogP contribution in [0.4, 0.5) is 0 Å². The van der Waals surface area contributed by atoms with E-state index in [0.717, 1.165) is 20.0 Å². The Morgan fingerprint density at radius 3 is 2.27 bits per heavy atom. The topological polar surface area (TPSA) is 76.0 Å². The van der Waals surface area contributed by atoms with Crippen LogP contribution in [0.15, 0.2) is 0 Å². The van der Waals surface area contributed by atoms with Gasteiger partial charge < -0.3 is 15.3 Å². The number of nitrogens with one attached hydrogen (secondary N) is 1. The molecule has 0 saturated carbocycles. The van der Waals surface area contributed by atoms with E-state index in [0.29, 0.717) is 24.1 Å². The van der Waals surface area contributed by atoms with Gasteiger partial charge in [-0.15, -0.1) is 0 Å². The van der Waals surface area contributed by atoms with Crippen LogP contribution in [-0.4, -0.2) is 84.2 Å². The third-order valence-corrected chi connectivity index (χ3v) is 2.85. The van der Waals surface area contributed by atoms with Crippen LogP contribution in [0.5, 0.6) is 0 Å². The normalized spacial score (nSPS) is 21.8.